The Morgan fingerprint density at radius 1 is 1.45 bits per heavy atom. The summed E-state index contributed by atoms with van der Waals surface area (Å²) in [6.07, 6.45) is 2.40. The molecular formula is C12H14FN5O2. The summed E-state index contributed by atoms with van der Waals surface area (Å²) in [7, 11) is 3.90. The van der Waals surface area contributed by atoms with Crippen LogP contribution in [0.5, 0.6) is 0 Å². The molecule has 2 rings (SSSR count). The van der Waals surface area contributed by atoms with Gasteiger partial charge in [-0.15, -0.1) is 5.10 Å². The molecule has 1 aromatic carbocycles. The Kier molecular flexibility index (Phi) is 4.04. The average molecular weight is 279 g/mol. The minimum atomic E-state index is -0.869. The van der Waals surface area contributed by atoms with Crippen molar-refractivity contribution < 1.29 is 9.31 Å². The highest BCUT2D eigenvalue weighted by atomic mass is 19.1. The Hall–Kier alpha value is -2.35. The van der Waals surface area contributed by atoms with Crippen LogP contribution in [0.1, 0.15) is 5.69 Å². The minimum Gasteiger partial charge on any atom is -0.309 e. The summed E-state index contributed by atoms with van der Waals surface area (Å²) in [5.74, 6) is -0.869. The molecule has 1 heterocycles. The number of benzene rings is 1. The predicted octanol–water partition coefficient (Wildman–Crippen LogP) is 1.42. The van der Waals surface area contributed by atoms with E-state index >= 15 is 0 Å². The normalized spacial score (nSPS) is 11.0. The lowest BCUT2D eigenvalue weighted by Crippen LogP contribution is -2.15. The summed E-state index contributed by atoms with van der Waals surface area (Å²) >= 11 is 0. The molecule has 0 atom stereocenters. The number of nitro groups is 1. The van der Waals surface area contributed by atoms with E-state index < -0.39 is 16.4 Å². The SMILES string of the molecule is CN(C)CCc1cn(-c2ccc(F)c([N+](=O)[O-])c2)nn1. The van der Waals surface area contributed by atoms with Gasteiger partial charge in [0.05, 0.1) is 22.5 Å². The van der Waals surface area contributed by atoms with Crippen LogP contribution in [0.4, 0.5) is 10.1 Å². The zero-order valence-electron chi connectivity index (χ0n) is 11.2. The van der Waals surface area contributed by atoms with Gasteiger partial charge in [0.1, 0.15) is 0 Å². The predicted molar refractivity (Wildman–Crippen MR) is 70.2 cm³/mol. The van der Waals surface area contributed by atoms with Crippen LogP contribution in [-0.4, -0.2) is 45.5 Å². The molecule has 106 valence electrons. The van der Waals surface area contributed by atoms with Gasteiger partial charge in [0.2, 0.25) is 5.82 Å². The first-order valence-corrected chi connectivity index (χ1v) is 5.97. The second-order valence-electron chi connectivity index (χ2n) is 4.60. The molecule has 20 heavy (non-hydrogen) atoms. The third kappa shape index (κ3) is 3.15. The van der Waals surface area contributed by atoms with Gasteiger partial charge in [-0.25, -0.2) is 4.68 Å². The Morgan fingerprint density at radius 2 is 2.20 bits per heavy atom. The maximum atomic E-state index is 13.3. The van der Waals surface area contributed by atoms with E-state index in [0.717, 1.165) is 30.8 Å². The lowest BCUT2D eigenvalue weighted by atomic mass is 10.2. The van der Waals surface area contributed by atoms with Crippen molar-refractivity contribution >= 4 is 5.69 Å². The molecule has 0 bridgehead atoms. The van der Waals surface area contributed by atoms with Crippen LogP contribution in [-0.2, 0) is 6.42 Å². The van der Waals surface area contributed by atoms with E-state index in [1.165, 1.54) is 10.7 Å². The molecule has 0 radical (unpaired) electrons. The molecule has 0 unspecified atom stereocenters. The lowest BCUT2D eigenvalue weighted by Gasteiger charge is -2.06. The number of rotatable bonds is 5. The first-order chi connectivity index (χ1) is 9.47. The van der Waals surface area contributed by atoms with Crippen molar-refractivity contribution in [3.63, 3.8) is 0 Å². The van der Waals surface area contributed by atoms with Gasteiger partial charge in [0.15, 0.2) is 0 Å². The van der Waals surface area contributed by atoms with Crippen LogP contribution in [0.25, 0.3) is 5.69 Å². The first kappa shape index (κ1) is 14.1. The van der Waals surface area contributed by atoms with E-state index in [-0.39, 0.29) is 0 Å². The van der Waals surface area contributed by atoms with E-state index in [1.807, 2.05) is 19.0 Å². The van der Waals surface area contributed by atoms with Gasteiger partial charge in [-0.3, -0.25) is 10.1 Å². The Bertz CT molecular complexity index is 626. The van der Waals surface area contributed by atoms with Gasteiger partial charge >= 0.3 is 5.69 Å². The van der Waals surface area contributed by atoms with Gasteiger partial charge in [0.25, 0.3) is 0 Å². The van der Waals surface area contributed by atoms with Crippen molar-refractivity contribution in [1.82, 2.24) is 19.9 Å². The summed E-state index contributed by atoms with van der Waals surface area (Å²) < 4.78 is 14.7. The minimum absolute atomic E-state index is 0.404. The highest BCUT2D eigenvalue weighted by Crippen LogP contribution is 2.20. The summed E-state index contributed by atoms with van der Waals surface area (Å²) in [5, 5.41) is 18.6. The third-order valence-electron chi connectivity index (χ3n) is 2.75. The number of likely N-dealkylation sites (N-methyl/N-ethyl adjacent to an activating group) is 1. The summed E-state index contributed by atoms with van der Waals surface area (Å²) in [4.78, 5) is 12.0. The van der Waals surface area contributed by atoms with Crippen molar-refractivity contribution in [3.05, 3.63) is 46.0 Å². The molecule has 0 aliphatic rings. The van der Waals surface area contributed by atoms with Gasteiger partial charge in [-0.1, -0.05) is 5.21 Å². The second kappa shape index (κ2) is 5.74. The van der Waals surface area contributed by atoms with Crippen molar-refractivity contribution in [3.8, 4) is 5.69 Å². The Balaban J connectivity index is 2.24. The Morgan fingerprint density at radius 3 is 2.85 bits per heavy atom. The average Bonchev–Trinajstić information content (AvgIpc) is 2.85. The molecule has 0 saturated heterocycles. The number of hydrogen-bond acceptors (Lipinski definition) is 5. The smallest absolute Gasteiger partial charge is 0.306 e. The lowest BCUT2D eigenvalue weighted by molar-refractivity contribution is -0.387. The van der Waals surface area contributed by atoms with Crippen molar-refractivity contribution in [1.29, 1.82) is 0 Å². The van der Waals surface area contributed by atoms with E-state index in [9.17, 15) is 14.5 Å². The summed E-state index contributed by atoms with van der Waals surface area (Å²) in [6.45, 7) is 0.822. The first-order valence-electron chi connectivity index (χ1n) is 5.97. The quantitative estimate of drug-likeness (QED) is 0.611. The summed E-state index contributed by atoms with van der Waals surface area (Å²) in [5.41, 5.74) is 0.597. The van der Waals surface area contributed by atoms with E-state index in [0.29, 0.717) is 5.69 Å². The zero-order chi connectivity index (χ0) is 14.7. The zero-order valence-corrected chi connectivity index (χ0v) is 11.2. The maximum absolute atomic E-state index is 13.3. The molecule has 1 aromatic heterocycles. The molecular weight excluding hydrogens is 265 g/mol. The maximum Gasteiger partial charge on any atom is 0.306 e. The number of hydrogen-bond donors (Lipinski definition) is 0. The largest absolute Gasteiger partial charge is 0.309 e. The van der Waals surface area contributed by atoms with E-state index in [2.05, 4.69) is 10.3 Å². The molecule has 0 saturated carbocycles. The standard InChI is InChI=1S/C12H14FN5O2/c1-16(2)6-5-9-8-17(15-14-9)10-3-4-11(13)12(7-10)18(19)20/h3-4,7-8H,5-6H2,1-2H3. The summed E-state index contributed by atoms with van der Waals surface area (Å²) in [6, 6.07) is 3.61. The molecule has 0 N–H and O–H groups in total. The second-order valence-corrected chi connectivity index (χ2v) is 4.60. The molecule has 2 aromatic rings. The number of aromatic nitrogens is 3. The highest BCUT2D eigenvalue weighted by molar-refractivity contribution is 5.43. The third-order valence-corrected chi connectivity index (χ3v) is 2.75. The van der Waals surface area contributed by atoms with Crippen LogP contribution in [0.15, 0.2) is 24.4 Å². The van der Waals surface area contributed by atoms with Crippen LogP contribution >= 0.6 is 0 Å². The topological polar surface area (TPSA) is 77.1 Å². The van der Waals surface area contributed by atoms with Crippen molar-refractivity contribution in [2.45, 2.75) is 6.42 Å². The Labute approximate surface area is 114 Å². The molecule has 7 nitrogen and oxygen atoms in total. The molecule has 0 aliphatic carbocycles. The van der Waals surface area contributed by atoms with Gasteiger partial charge in [-0.2, -0.15) is 4.39 Å². The van der Waals surface area contributed by atoms with Crippen LogP contribution in [0, 0.1) is 15.9 Å². The van der Waals surface area contributed by atoms with Gasteiger partial charge in [0, 0.05) is 19.0 Å². The number of nitrogens with zero attached hydrogens (tertiary/aromatic N) is 5. The van der Waals surface area contributed by atoms with Crippen LogP contribution in [0.2, 0.25) is 0 Å². The molecule has 0 spiro atoms. The van der Waals surface area contributed by atoms with Crippen LogP contribution < -0.4 is 0 Å². The fraction of sp³-hybridized carbons (Fsp3) is 0.333. The van der Waals surface area contributed by atoms with Crippen molar-refractivity contribution in [2.24, 2.45) is 0 Å². The molecule has 0 fully saturated rings. The van der Waals surface area contributed by atoms with Crippen LogP contribution in [0.3, 0.4) is 0 Å². The molecule has 8 heteroatoms. The number of nitro benzene ring substituents is 1. The van der Waals surface area contributed by atoms with E-state index in [1.54, 1.807) is 6.20 Å². The monoisotopic (exact) mass is 279 g/mol. The number of halogens is 1. The molecule has 0 aliphatic heterocycles. The van der Waals surface area contributed by atoms with Gasteiger partial charge in [-0.05, 0) is 26.2 Å². The van der Waals surface area contributed by atoms with Gasteiger partial charge < -0.3 is 4.90 Å². The fourth-order valence-corrected chi connectivity index (χ4v) is 1.66. The van der Waals surface area contributed by atoms with Crippen molar-refractivity contribution in [2.75, 3.05) is 20.6 Å². The fourth-order valence-electron chi connectivity index (χ4n) is 1.66. The highest BCUT2D eigenvalue weighted by Gasteiger charge is 2.15. The molecule has 0 amide bonds. The van der Waals surface area contributed by atoms with E-state index in [4.69, 9.17) is 0 Å².